The lowest BCUT2D eigenvalue weighted by Gasteiger charge is -2.27. The van der Waals surface area contributed by atoms with E-state index >= 15 is 0 Å². The summed E-state index contributed by atoms with van der Waals surface area (Å²) in [6, 6.07) is 4.08. The number of halogens is 1. The van der Waals surface area contributed by atoms with E-state index in [1.165, 1.54) is 0 Å². The van der Waals surface area contributed by atoms with Gasteiger partial charge in [0.15, 0.2) is 10.8 Å². The van der Waals surface area contributed by atoms with Crippen molar-refractivity contribution in [3.63, 3.8) is 0 Å². The lowest BCUT2D eigenvalue weighted by Crippen LogP contribution is -2.44. The second-order valence-corrected chi connectivity index (χ2v) is 10.5. The quantitative estimate of drug-likeness (QED) is 0.404. The van der Waals surface area contributed by atoms with Crippen LogP contribution in [0.5, 0.6) is 0 Å². The highest BCUT2D eigenvalue weighted by Gasteiger charge is 2.35. The number of amides is 2. The first-order chi connectivity index (χ1) is 15.6. The number of aromatic nitrogens is 4. The summed E-state index contributed by atoms with van der Waals surface area (Å²) in [5.74, 6) is -0.274. The summed E-state index contributed by atoms with van der Waals surface area (Å²) in [5.41, 5.74) is 3.00. The van der Waals surface area contributed by atoms with Gasteiger partial charge in [-0.05, 0) is 85.1 Å². The minimum atomic E-state index is -0.981. The summed E-state index contributed by atoms with van der Waals surface area (Å²) in [6.45, 7) is 16.1. The van der Waals surface area contributed by atoms with Gasteiger partial charge < -0.3 is 9.47 Å². The van der Waals surface area contributed by atoms with E-state index in [4.69, 9.17) is 21.1 Å². The number of hydrogen-bond acceptors (Lipinski definition) is 7. The van der Waals surface area contributed by atoms with Gasteiger partial charge in [0.1, 0.15) is 23.0 Å². The van der Waals surface area contributed by atoms with Crippen LogP contribution in [-0.2, 0) is 9.47 Å². The fourth-order valence-electron chi connectivity index (χ4n) is 3.19. The summed E-state index contributed by atoms with van der Waals surface area (Å²) in [6.07, 6.45) is -0.381. The Balaban J connectivity index is 2.20. The van der Waals surface area contributed by atoms with Crippen molar-refractivity contribution in [3.05, 3.63) is 40.3 Å². The van der Waals surface area contributed by atoms with Crippen LogP contribution in [0.15, 0.2) is 18.5 Å². The maximum Gasteiger partial charge on any atom is 0.427 e. The molecule has 9 nitrogen and oxygen atoms in total. The van der Waals surface area contributed by atoms with E-state index in [0.717, 1.165) is 22.4 Å². The van der Waals surface area contributed by atoms with Gasteiger partial charge in [-0.25, -0.2) is 14.6 Å². The van der Waals surface area contributed by atoms with Gasteiger partial charge in [-0.3, -0.25) is 4.57 Å². The minimum Gasteiger partial charge on any atom is -0.443 e. The van der Waals surface area contributed by atoms with Gasteiger partial charge in [-0.15, -0.1) is 4.90 Å². The maximum absolute atomic E-state index is 13.0. The molecule has 0 radical (unpaired) electrons. The minimum absolute atomic E-state index is 0.0163. The molecule has 0 saturated carbocycles. The van der Waals surface area contributed by atoms with Gasteiger partial charge in [0, 0.05) is 0 Å². The highest BCUT2D eigenvalue weighted by Crippen LogP contribution is 2.28. The predicted octanol–water partition coefficient (Wildman–Crippen LogP) is 6.07. The number of benzene rings is 1. The Morgan fingerprint density at radius 1 is 0.882 bits per heavy atom. The van der Waals surface area contributed by atoms with Crippen molar-refractivity contribution in [2.45, 2.75) is 73.5 Å². The van der Waals surface area contributed by atoms with Gasteiger partial charge in [0.25, 0.3) is 0 Å². The van der Waals surface area contributed by atoms with Gasteiger partial charge in [0.2, 0.25) is 5.95 Å². The van der Waals surface area contributed by atoms with Crippen LogP contribution in [0, 0.1) is 20.8 Å². The average Bonchev–Trinajstić information content (AvgIpc) is 3.06. The molecule has 0 unspecified atom stereocenters. The van der Waals surface area contributed by atoms with Crippen molar-refractivity contribution < 1.29 is 19.1 Å². The fourth-order valence-corrected chi connectivity index (χ4v) is 3.40. The van der Waals surface area contributed by atoms with Crippen LogP contribution in [0.4, 0.5) is 15.5 Å². The number of carbonyl (C=O) groups excluding carboxylic acids is 2. The number of rotatable bonds is 2. The number of aryl methyl sites for hydroxylation is 3. The Kier molecular flexibility index (Phi) is 6.63. The number of fused-ring (bicyclic) bond motifs is 1. The Morgan fingerprint density at radius 2 is 1.41 bits per heavy atom. The molecule has 182 valence electrons. The summed E-state index contributed by atoms with van der Waals surface area (Å²) < 4.78 is 12.6. The fraction of sp³-hybridized carbons (Fsp3) is 0.458. The number of hydrogen-bond donors (Lipinski definition) is 0. The first-order valence-corrected chi connectivity index (χ1v) is 11.2. The molecule has 0 atom stereocenters. The van der Waals surface area contributed by atoms with Crippen molar-refractivity contribution in [2.24, 2.45) is 0 Å². The molecule has 2 aromatic heterocycles. The summed E-state index contributed by atoms with van der Waals surface area (Å²) in [7, 11) is 0. The molecular formula is C24H30ClN5O4. The maximum atomic E-state index is 13.0. The van der Waals surface area contributed by atoms with Crippen molar-refractivity contribution >= 4 is 40.9 Å². The Hall–Kier alpha value is -3.20. The Labute approximate surface area is 204 Å². The third kappa shape index (κ3) is 5.47. The Morgan fingerprint density at radius 3 is 1.94 bits per heavy atom. The highest BCUT2D eigenvalue weighted by molar-refractivity contribution is 6.33. The van der Waals surface area contributed by atoms with E-state index in [1.54, 1.807) is 52.4 Å². The van der Waals surface area contributed by atoms with Gasteiger partial charge in [-0.2, -0.15) is 9.97 Å². The standard InChI is InChI=1S/C24H30ClN5O4/c1-13-10-15(3)16(11-14(13)2)29-12-26-17-18(25)27-20(28-19(17)29)30(21(31)33-23(4,5)6)22(32)34-24(7,8)9/h10-12H,1-9H3. The number of imide groups is 1. The largest absolute Gasteiger partial charge is 0.443 e. The van der Waals surface area contributed by atoms with E-state index in [1.807, 2.05) is 26.8 Å². The molecule has 34 heavy (non-hydrogen) atoms. The van der Waals surface area contributed by atoms with E-state index in [9.17, 15) is 9.59 Å². The second-order valence-electron chi connectivity index (χ2n) is 10.1. The smallest absolute Gasteiger partial charge is 0.427 e. The zero-order chi connectivity index (χ0) is 25.6. The molecule has 0 N–H and O–H groups in total. The molecule has 0 spiro atoms. The third-order valence-electron chi connectivity index (χ3n) is 4.77. The number of carbonyl (C=O) groups is 2. The second kappa shape index (κ2) is 8.87. The van der Waals surface area contributed by atoms with Crippen molar-refractivity contribution in [1.82, 2.24) is 19.5 Å². The normalized spacial score (nSPS) is 12.1. The van der Waals surface area contributed by atoms with Crippen LogP contribution >= 0.6 is 11.6 Å². The molecule has 2 heterocycles. The zero-order valence-corrected chi connectivity index (χ0v) is 21.7. The van der Waals surface area contributed by atoms with E-state index in [2.05, 4.69) is 21.0 Å². The SMILES string of the molecule is Cc1cc(C)c(-n2cnc3c(Cl)nc(N(C(=O)OC(C)(C)C)C(=O)OC(C)(C)C)nc32)cc1C. The first kappa shape index (κ1) is 25.4. The Bertz CT molecular complexity index is 1240. The molecule has 2 amide bonds. The van der Waals surface area contributed by atoms with Crippen LogP contribution in [0.1, 0.15) is 58.2 Å². The molecule has 0 fully saturated rings. The zero-order valence-electron chi connectivity index (χ0n) is 21.0. The van der Waals surface area contributed by atoms with E-state index in [0.29, 0.717) is 16.1 Å². The summed E-state index contributed by atoms with van der Waals surface area (Å²) >= 11 is 6.42. The van der Waals surface area contributed by atoms with Gasteiger partial charge in [-0.1, -0.05) is 17.7 Å². The third-order valence-corrected chi connectivity index (χ3v) is 5.03. The van der Waals surface area contributed by atoms with Gasteiger partial charge >= 0.3 is 12.2 Å². The molecule has 0 aliphatic heterocycles. The highest BCUT2D eigenvalue weighted by atomic mass is 35.5. The predicted molar refractivity (Wildman–Crippen MR) is 131 cm³/mol. The van der Waals surface area contributed by atoms with Crippen LogP contribution in [0.25, 0.3) is 16.9 Å². The molecule has 0 bridgehead atoms. The lowest BCUT2D eigenvalue weighted by molar-refractivity contribution is 0.0427. The average molecular weight is 488 g/mol. The molecule has 0 aliphatic carbocycles. The molecule has 1 aromatic carbocycles. The number of imidazole rings is 1. The monoisotopic (exact) mass is 487 g/mol. The summed E-state index contributed by atoms with van der Waals surface area (Å²) in [5, 5.41) is -0.0163. The van der Waals surface area contributed by atoms with Crippen LogP contribution in [-0.4, -0.2) is 42.9 Å². The van der Waals surface area contributed by atoms with Crippen molar-refractivity contribution in [2.75, 3.05) is 4.90 Å². The summed E-state index contributed by atoms with van der Waals surface area (Å²) in [4.78, 5) is 39.7. The molecule has 0 saturated heterocycles. The molecule has 3 aromatic rings. The van der Waals surface area contributed by atoms with Crippen LogP contribution < -0.4 is 4.90 Å². The molecular weight excluding hydrogens is 458 g/mol. The topological polar surface area (TPSA) is 99.4 Å². The van der Waals surface area contributed by atoms with Crippen molar-refractivity contribution in [3.8, 4) is 5.69 Å². The van der Waals surface area contributed by atoms with Crippen molar-refractivity contribution in [1.29, 1.82) is 0 Å². The molecule has 10 heteroatoms. The number of nitrogens with zero attached hydrogens (tertiary/aromatic N) is 5. The molecule has 0 aliphatic rings. The van der Waals surface area contributed by atoms with Gasteiger partial charge in [0.05, 0.1) is 5.69 Å². The molecule has 3 rings (SSSR count). The lowest BCUT2D eigenvalue weighted by atomic mass is 10.0. The number of ether oxygens (including phenoxy) is 2. The van der Waals surface area contributed by atoms with Crippen LogP contribution in [0.3, 0.4) is 0 Å². The van der Waals surface area contributed by atoms with E-state index in [-0.39, 0.29) is 11.1 Å². The first-order valence-electron chi connectivity index (χ1n) is 10.8. The number of anilines is 1. The van der Waals surface area contributed by atoms with E-state index < -0.39 is 23.4 Å². The van der Waals surface area contributed by atoms with Crippen LogP contribution in [0.2, 0.25) is 5.15 Å².